The van der Waals surface area contributed by atoms with Gasteiger partial charge in [-0.05, 0) is 38.3 Å². The second-order valence-electron chi connectivity index (χ2n) is 7.46. The van der Waals surface area contributed by atoms with E-state index in [-0.39, 0.29) is 18.2 Å². The monoisotopic (exact) mass is 404 g/mol. The lowest BCUT2D eigenvalue weighted by atomic mass is 10.1. The summed E-state index contributed by atoms with van der Waals surface area (Å²) in [6.07, 6.45) is 3.48. The highest BCUT2D eigenvalue weighted by Gasteiger charge is 2.23. The minimum absolute atomic E-state index is 0.216. The summed E-state index contributed by atoms with van der Waals surface area (Å²) in [5.74, 6) is 1.39. The lowest BCUT2D eigenvalue weighted by Gasteiger charge is -2.32. The molecule has 3 rings (SSSR count). The molecule has 2 aliphatic rings. The van der Waals surface area contributed by atoms with E-state index in [1.165, 1.54) is 0 Å². The normalized spacial score (nSPS) is 21.2. The van der Waals surface area contributed by atoms with Crippen molar-refractivity contribution in [2.24, 2.45) is 10.7 Å². The molecule has 2 fully saturated rings. The fraction of sp³-hybridized carbons (Fsp3) is 0.650. The minimum atomic E-state index is -0.241. The molecule has 1 aromatic rings. The third-order valence-electron chi connectivity index (χ3n) is 5.18. The van der Waals surface area contributed by atoms with Gasteiger partial charge in [0, 0.05) is 38.4 Å². The van der Waals surface area contributed by atoms with Crippen LogP contribution in [0.5, 0.6) is 0 Å². The Hall–Kier alpha value is -2.55. The standard InChI is InChI=1S/C20H32N6O3/c1-3-28-20(27)25-8-6-17(7-9-25)24-19(21)23-13-16-4-5-18(22-12-16)26-10-11-29-15(2)14-26/h4-5,12,15,17H,3,6-11,13-14H2,1-2H3,(H3,21,23,24). The van der Waals surface area contributed by atoms with Gasteiger partial charge in [0.15, 0.2) is 5.96 Å². The molecule has 3 heterocycles. The van der Waals surface area contributed by atoms with Crippen molar-refractivity contribution in [3.63, 3.8) is 0 Å². The van der Waals surface area contributed by atoms with E-state index in [0.29, 0.717) is 32.2 Å². The van der Waals surface area contributed by atoms with Crippen molar-refractivity contribution >= 4 is 17.9 Å². The van der Waals surface area contributed by atoms with Crippen LogP contribution in [0.3, 0.4) is 0 Å². The van der Waals surface area contributed by atoms with Crippen molar-refractivity contribution in [2.45, 2.75) is 45.4 Å². The number of amides is 1. The van der Waals surface area contributed by atoms with E-state index in [0.717, 1.165) is 43.9 Å². The Labute approximate surface area is 172 Å². The van der Waals surface area contributed by atoms with Gasteiger partial charge < -0.3 is 30.3 Å². The zero-order valence-corrected chi connectivity index (χ0v) is 17.3. The van der Waals surface area contributed by atoms with Gasteiger partial charge in [-0.2, -0.15) is 0 Å². The number of nitrogens with two attached hydrogens (primary N) is 1. The number of aromatic nitrogens is 1. The Morgan fingerprint density at radius 2 is 2.17 bits per heavy atom. The number of aliphatic imine (C=N–C) groups is 1. The van der Waals surface area contributed by atoms with Crippen molar-refractivity contribution in [3.05, 3.63) is 23.9 Å². The highest BCUT2D eigenvalue weighted by Crippen LogP contribution is 2.16. The molecule has 0 radical (unpaired) electrons. The van der Waals surface area contributed by atoms with Gasteiger partial charge in [0.05, 0.1) is 25.9 Å². The summed E-state index contributed by atoms with van der Waals surface area (Å²) in [5, 5.41) is 3.25. The van der Waals surface area contributed by atoms with Gasteiger partial charge in [0.2, 0.25) is 0 Å². The van der Waals surface area contributed by atoms with Crippen LogP contribution in [0.1, 0.15) is 32.3 Å². The fourth-order valence-corrected chi connectivity index (χ4v) is 3.58. The van der Waals surface area contributed by atoms with Crippen LogP contribution in [-0.2, 0) is 16.0 Å². The Bertz CT molecular complexity index is 688. The number of morpholine rings is 1. The van der Waals surface area contributed by atoms with Crippen molar-refractivity contribution in [1.29, 1.82) is 0 Å². The van der Waals surface area contributed by atoms with Gasteiger partial charge in [0.25, 0.3) is 0 Å². The van der Waals surface area contributed by atoms with Crippen LogP contribution in [0, 0.1) is 0 Å². The van der Waals surface area contributed by atoms with E-state index in [9.17, 15) is 4.79 Å². The highest BCUT2D eigenvalue weighted by molar-refractivity contribution is 5.78. The van der Waals surface area contributed by atoms with Gasteiger partial charge in [-0.25, -0.2) is 14.8 Å². The van der Waals surface area contributed by atoms with E-state index in [1.54, 1.807) is 4.90 Å². The predicted molar refractivity (Wildman–Crippen MR) is 112 cm³/mol. The first-order valence-electron chi connectivity index (χ1n) is 10.3. The molecule has 160 valence electrons. The first-order chi connectivity index (χ1) is 14.0. The summed E-state index contributed by atoms with van der Waals surface area (Å²) in [4.78, 5) is 24.7. The number of pyridine rings is 1. The Kier molecular flexibility index (Phi) is 7.51. The van der Waals surface area contributed by atoms with Crippen LogP contribution < -0.4 is 16.0 Å². The zero-order chi connectivity index (χ0) is 20.6. The van der Waals surface area contributed by atoms with Crippen LogP contribution in [0.15, 0.2) is 23.3 Å². The molecule has 2 aliphatic heterocycles. The topological polar surface area (TPSA) is 105 Å². The average Bonchev–Trinajstić information content (AvgIpc) is 2.73. The van der Waals surface area contributed by atoms with Crippen molar-refractivity contribution in [3.8, 4) is 0 Å². The zero-order valence-electron chi connectivity index (χ0n) is 17.3. The Morgan fingerprint density at radius 3 is 2.83 bits per heavy atom. The maximum Gasteiger partial charge on any atom is 0.409 e. The van der Waals surface area contributed by atoms with E-state index < -0.39 is 0 Å². The summed E-state index contributed by atoms with van der Waals surface area (Å²) in [5.41, 5.74) is 7.06. The molecular weight excluding hydrogens is 372 g/mol. The highest BCUT2D eigenvalue weighted by atomic mass is 16.6. The smallest absolute Gasteiger partial charge is 0.409 e. The number of carbonyl (C=O) groups is 1. The summed E-state index contributed by atoms with van der Waals surface area (Å²) in [6.45, 7) is 8.55. The first-order valence-corrected chi connectivity index (χ1v) is 10.3. The predicted octanol–water partition coefficient (Wildman–Crippen LogP) is 1.33. The largest absolute Gasteiger partial charge is 0.450 e. The van der Waals surface area contributed by atoms with Crippen LogP contribution >= 0.6 is 0 Å². The average molecular weight is 405 g/mol. The van der Waals surface area contributed by atoms with Crippen LogP contribution in [0.25, 0.3) is 0 Å². The molecule has 1 unspecified atom stereocenters. The Balaban J connectivity index is 1.43. The summed E-state index contributed by atoms with van der Waals surface area (Å²) in [6, 6.07) is 4.28. The molecule has 1 aromatic heterocycles. The molecule has 9 heteroatoms. The van der Waals surface area contributed by atoms with Crippen LogP contribution in [-0.4, -0.2) is 73.5 Å². The number of hydrogen-bond donors (Lipinski definition) is 2. The van der Waals surface area contributed by atoms with Gasteiger partial charge in [-0.1, -0.05) is 6.07 Å². The summed E-state index contributed by atoms with van der Waals surface area (Å²) < 4.78 is 10.6. The molecule has 29 heavy (non-hydrogen) atoms. The lowest BCUT2D eigenvalue weighted by molar-refractivity contribution is 0.0529. The second kappa shape index (κ2) is 10.3. The molecule has 2 saturated heterocycles. The number of nitrogens with one attached hydrogen (secondary N) is 1. The van der Waals surface area contributed by atoms with E-state index in [1.807, 2.05) is 25.3 Å². The van der Waals surface area contributed by atoms with Crippen molar-refractivity contribution in [1.82, 2.24) is 15.2 Å². The quantitative estimate of drug-likeness (QED) is 0.563. The maximum absolute atomic E-state index is 11.7. The third-order valence-corrected chi connectivity index (χ3v) is 5.18. The van der Waals surface area contributed by atoms with E-state index in [2.05, 4.69) is 27.1 Å². The fourth-order valence-electron chi connectivity index (χ4n) is 3.58. The first kappa shape index (κ1) is 21.2. The Morgan fingerprint density at radius 1 is 1.38 bits per heavy atom. The molecule has 1 atom stereocenters. The number of anilines is 1. The second-order valence-corrected chi connectivity index (χ2v) is 7.46. The molecule has 1 amide bonds. The molecule has 3 N–H and O–H groups in total. The number of likely N-dealkylation sites (tertiary alicyclic amines) is 1. The molecule has 0 spiro atoms. The SMILES string of the molecule is CCOC(=O)N1CCC(NC(N)=NCc2ccc(N3CCOC(C)C3)nc2)CC1. The molecule has 0 aliphatic carbocycles. The lowest BCUT2D eigenvalue weighted by Crippen LogP contribution is -2.48. The number of rotatable bonds is 5. The van der Waals surface area contributed by atoms with E-state index >= 15 is 0 Å². The van der Waals surface area contributed by atoms with Gasteiger partial charge in [-0.15, -0.1) is 0 Å². The van der Waals surface area contributed by atoms with Crippen molar-refractivity contribution < 1.29 is 14.3 Å². The van der Waals surface area contributed by atoms with E-state index in [4.69, 9.17) is 15.2 Å². The minimum Gasteiger partial charge on any atom is -0.450 e. The molecule has 0 bridgehead atoms. The number of ether oxygens (including phenoxy) is 2. The summed E-state index contributed by atoms with van der Waals surface area (Å²) in [7, 11) is 0. The number of hydrogen-bond acceptors (Lipinski definition) is 6. The van der Waals surface area contributed by atoms with Crippen LogP contribution in [0.2, 0.25) is 0 Å². The number of piperidine rings is 1. The molecule has 9 nitrogen and oxygen atoms in total. The molecular formula is C20H32N6O3. The van der Waals surface area contributed by atoms with Gasteiger partial charge in [0.1, 0.15) is 5.82 Å². The number of nitrogens with zero attached hydrogens (tertiary/aromatic N) is 4. The van der Waals surface area contributed by atoms with Crippen molar-refractivity contribution in [2.75, 3.05) is 44.3 Å². The third kappa shape index (κ3) is 6.22. The number of guanidine groups is 1. The summed E-state index contributed by atoms with van der Waals surface area (Å²) >= 11 is 0. The molecule has 0 saturated carbocycles. The van der Waals surface area contributed by atoms with Crippen LogP contribution in [0.4, 0.5) is 10.6 Å². The maximum atomic E-state index is 11.7. The van der Waals surface area contributed by atoms with Gasteiger partial charge in [-0.3, -0.25) is 0 Å². The van der Waals surface area contributed by atoms with Gasteiger partial charge >= 0.3 is 6.09 Å². The molecule has 0 aromatic carbocycles. The number of carbonyl (C=O) groups excluding carboxylic acids is 1.